The van der Waals surface area contributed by atoms with E-state index in [4.69, 9.17) is 23.2 Å². The Labute approximate surface area is 173 Å². The molecule has 1 N–H and O–H groups in total. The predicted molar refractivity (Wildman–Crippen MR) is 110 cm³/mol. The standard InChI is InChI=1S/C19H20Cl2N4O3/c20-15-3-1-2-14(10-15)12-22-19(26)13-23-6-8-24(9-7-23)17-5-4-16(21)11-18(17)25(27)28/h1-5,10-11H,6-9,12-13H2,(H,22,26). The van der Waals surface area contributed by atoms with Gasteiger partial charge in [0.25, 0.3) is 5.69 Å². The van der Waals surface area contributed by atoms with Crippen LogP contribution < -0.4 is 10.2 Å². The molecule has 1 aliphatic rings. The van der Waals surface area contributed by atoms with Crippen LogP contribution in [0.5, 0.6) is 0 Å². The molecule has 148 valence electrons. The minimum absolute atomic E-state index is 0.000199. The van der Waals surface area contributed by atoms with Gasteiger partial charge in [0.1, 0.15) is 5.69 Å². The van der Waals surface area contributed by atoms with Crippen molar-refractivity contribution in [1.29, 1.82) is 0 Å². The minimum Gasteiger partial charge on any atom is -0.363 e. The third-order valence-corrected chi connectivity index (χ3v) is 5.06. The van der Waals surface area contributed by atoms with Gasteiger partial charge in [0, 0.05) is 48.8 Å². The van der Waals surface area contributed by atoms with Crippen LogP contribution in [-0.2, 0) is 11.3 Å². The highest BCUT2D eigenvalue weighted by Gasteiger charge is 2.24. The number of hydrogen-bond donors (Lipinski definition) is 1. The molecule has 0 aliphatic carbocycles. The van der Waals surface area contributed by atoms with Gasteiger partial charge in [-0.2, -0.15) is 0 Å². The second kappa shape index (κ2) is 9.23. The zero-order valence-corrected chi connectivity index (χ0v) is 16.6. The Balaban J connectivity index is 1.50. The van der Waals surface area contributed by atoms with E-state index in [1.54, 1.807) is 18.2 Å². The van der Waals surface area contributed by atoms with Crippen molar-refractivity contribution < 1.29 is 9.72 Å². The van der Waals surface area contributed by atoms with Crippen LogP contribution in [0.25, 0.3) is 0 Å². The van der Waals surface area contributed by atoms with Gasteiger partial charge in [-0.3, -0.25) is 19.8 Å². The number of halogens is 2. The fourth-order valence-corrected chi connectivity index (χ4v) is 3.54. The number of anilines is 1. The summed E-state index contributed by atoms with van der Waals surface area (Å²) in [5.41, 5.74) is 1.50. The lowest BCUT2D eigenvalue weighted by Gasteiger charge is -2.35. The zero-order chi connectivity index (χ0) is 20.1. The van der Waals surface area contributed by atoms with Gasteiger partial charge >= 0.3 is 0 Å². The lowest BCUT2D eigenvalue weighted by atomic mass is 10.2. The van der Waals surface area contributed by atoms with Gasteiger partial charge in [0.15, 0.2) is 0 Å². The van der Waals surface area contributed by atoms with Gasteiger partial charge in [0.05, 0.1) is 11.5 Å². The topological polar surface area (TPSA) is 78.7 Å². The predicted octanol–water partition coefficient (Wildman–Crippen LogP) is 3.34. The van der Waals surface area contributed by atoms with Gasteiger partial charge in [0.2, 0.25) is 5.91 Å². The normalized spacial score (nSPS) is 14.7. The van der Waals surface area contributed by atoms with Crippen molar-refractivity contribution >= 4 is 40.5 Å². The monoisotopic (exact) mass is 422 g/mol. The molecule has 1 amide bonds. The van der Waals surface area contributed by atoms with Gasteiger partial charge in [-0.25, -0.2) is 0 Å². The molecule has 2 aromatic rings. The summed E-state index contributed by atoms with van der Waals surface area (Å²) in [7, 11) is 0. The number of carbonyl (C=O) groups is 1. The highest BCUT2D eigenvalue weighted by molar-refractivity contribution is 6.31. The Kier molecular flexibility index (Phi) is 6.72. The number of nitro groups is 1. The Morgan fingerprint density at radius 2 is 1.79 bits per heavy atom. The number of nitro benzene ring substituents is 1. The quantitative estimate of drug-likeness (QED) is 0.570. The van der Waals surface area contributed by atoms with Crippen molar-refractivity contribution in [3.63, 3.8) is 0 Å². The molecule has 0 spiro atoms. The molecule has 1 aliphatic heterocycles. The molecule has 28 heavy (non-hydrogen) atoms. The van der Waals surface area contributed by atoms with Gasteiger partial charge < -0.3 is 10.2 Å². The second-order valence-electron chi connectivity index (χ2n) is 6.56. The first-order chi connectivity index (χ1) is 13.4. The van der Waals surface area contributed by atoms with Crippen molar-refractivity contribution in [2.24, 2.45) is 0 Å². The summed E-state index contributed by atoms with van der Waals surface area (Å²) in [5.74, 6) is -0.0640. The van der Waals surface area contributed by atoms with Crippen LogP contribution in [0.2, 0.25) is 10.0 Å². The van der Waals surface area contributed by atoms with Crippen LogP contribution in [0.4, 0.5) is 11.4 Å². The smallest absolute Gasteiger partial charge is 0.294 e. The van der Waals surface area contributed by atoms with E-state index in [-0.39, 0.29) is 18.1 Å². The SMILES string of the molecule is O=C(CN1CCN(c2ccc(Cl)cc2[N+](=O)[O-])CC1)NCc1cccc(Cl)c1. The maximum Gasteiger partial charge on any atom is 0.294 e. The summed E-state index contributed by atoms with van der Waals surface area (Å²) >= 11 is 11.8. The van der Waals surface area contributed by atoms with E-state index in [2.05, 4.69) is 5.32 Å². The van der Waals surface area contributed by atoms with Gasteiger partial charge in [-0.1, -0.05) is 35.3 Å². The fraction of sp³-hybridized carbons (Fsp3) is 0.316. The summed E-state index contributed by atoms with van der Waals surface area (Å²) in [4.78, 5) is 27.1. The maximum absolute atomic E-state index is 12.2. The van der Waals surface area contributed by atoms with Crippen molar-refractivity contribution in [2.75, 3.05) is 37.6 Å². The molecular formula is C19H20Cl2N4O3. The van der Waals surface area contributed by atoms with E-state index in [0.717, 1.165) is 5.56 Å². The van der Waals surface area contributed by atoms with E-state index in [1.807, 2.05) is 28.0 Å². The van der Waals surface area contributed by atoms with E-state index in [1.165, 1.54) is 6.07 Å². The molecule has 7 nitrogen and oxygen atoms in total. The molecule has 0 radical (unpaired) electrons. The minimum atomic E-state index is -0.420. The Bertz CT molecular complexity index is 870. The molecular weight excluding hydrogens is 403 g/mol. The number of nitrogens with zero attached hydrogens (tertiary/aromatic N) is 3. The molecule has 0 bridgehead atoms. The number of benzene rings is 2. The number of nitrogens with one attached hydrogen (secondary N) is 1. The van der Waals surface area contributed by atoms with E-state index in [0.29, 0.717) is 48.5 Å². The van der Waals surface area contributed by atoms with Crippen LogP contribution in [0.3, 0.4) is 0 Å². The van der Waals surface area contributed by atoms with Crippen LogP contribution in [-0.4, -0.2) is 48.5 Å². The summed E-state index contributed by atoms with van der Waals surface area (Å²) in [6.07, 6.45) is 0. The number of piperazine rings is 1. The number of hydrogen-bond acceptors (Lipinski definition) is 5. The lowest BCUT2D eigenvalue weighted by molar-refractivity contribution is -0.384. The molecule has 2 aromatic carbocycles. The van der Waals surface area contributed by atoms with Gasteiger partial charge in [-0.05, 0) is 29.8 Å². The van der Waals surface area contributed by atoms with Crippen molar-refractivity contribution in [1.82, 2.24) is 10.2 Å². The Morgan fingerprint density at radius 3 is 2.46 bits per heavy atom. The molecule has 1 saturated heterocycles. The van der Waals surface area contributed by atoms with Crippen molar-refractivity contribution in [3.05, 3.63) is 68.2 Å². The third-order valence-electron chi connectivity index (χ3n) is 4.59. The maximum atomic E-state index is 12.2. The van der Waals surface area contributed by atoms with E-state index in [9.17, 15) is 14.9 Å². The van der Waals surface area contributed by atoms with E-state index < -0.39 is 4.92 Å². The number of amides is 1. The zero-order valence-electron chi connectivity index (χ0n) is 15.1. The molecule has 3 rings (SSSR count). The molecule has 1 heterocycles. The lowest BCUT2D eigenvalue weighted by Crippen LogP contribution is -2.49. The average Bonchev–Trinajstić information content (AvgIpc) is 2.67. The van der Waals surface area contributed by atoms with Crippen LogP contribution >= 0.6 is 23.2 Å². The first-order valence-electron chi connectivity index (χ1n) is 8.85. The highest BCUT2D eigenvalue weighted by Crippen LogP contribution is 2.31. The Morgan fingerprint density at radius 1 is 1.07 bits per heavy atom. The van der Waals surface area contributed by atoms with E-state index >= 15 is 0 Å². The number of rotatable bonds is 6. The van der Waals surface area contributed by atoms with Crippen LogP contribution in [0, 0.1) is 10.1 Å². The average molecular weight is 423 g/mol. The molecule has 0 saturated carbocycles. The molecule has 1 fully saturated rings. The van der Waals surface area contributed by atoms with Crippen LogP contribution in [0.1, 0.15) is 5.56 Å². The number of carbonyl (C=O) groups excluding carboxylic acids is 1. The van der Waals surface area contributed by atoms with Gasteiger partial charge in [-0.15, -0.1) is 0 Å². The van der Waals surface area contributed by atoms with Crippen molar-refractivity contribution in [3.8, 4) is 0 Å². The Hall–Kier alpha value is -2.35. The summed E-state index contributed by atoms with van der Waals surface area (Å²) in [6.45, 7) is 3.20. The summed E-state index contributed by atoms with van der Waals surface area (Å²) in [5, 5.41) is 15.2. The largest absolute Gasteiger partial charge is 0.363 e. The fourth-order valence-electron chi connectivity index (χ4n) is 3.16. The molecule has 0 aromatic heterocycles. The van der Waals surface area contributed by atoms with Crippen LogP contribution in [0.15, 0.2) is 42.5 Å². The molecule has 0 unspecified atom stereocenters. The highest BCUT2D eigenvalue weighted by atomic mass is 35.5. The summed E-state index contributed by atoms with van der Waals surface area (Å²) < 4.78 is 0. The van der Waals surface area contributed by atoms with Crippen molar-refractivity contribution in [2.45, 2.75) is 6.54 Å². The second-order valence-corrected chi connectivity index (χ2v) is 7.43. The first kappa shape index (κ1) is 20.4. The summed E-state index contributed by atoms with van der Waals surface area (Å²) in [6, 6.07) is 12.1. The third kappa shape index (κ3) is 5.34. The molecule has 9 heteroatoms. The molecule has 0 atom stereocenters. The first-order valence-corrected chi connectivity index (χ1v) is 9.60.